The molecule has 2 aliphatic rings. The molecular formula is C10H18N2O. The molecule has 2 rings (SSSR count). The van der Waals surface area contributed by atoms with E-state index in [2.05, 4.69) is 0 Å². The topological polar surface area (TPSA) is 46.3 Å². The van der Waals surface area contributed by atoms with Crippen LogP contribution in [-0.4, -0.2) is 29.9 Å². The number of hydrogen-bond donors (Lipinski definition) is 1. The van der Waals surface area contributed by atoms with Gasteiger partial charge in [-0.25, -0.2) is 0 Å². The van der Waals surface area contributed by atoms with Crippen LogP contribution in [0.1, 0.15) is 26.2 Å². The van der Waals surface area contributed by atoms with Gasteiger partial charge in [0.2, 0.25) is 5.91 Å². The summed E-state index contributed by atoms with van der Waals surface area (Å²) in [6, 6.07) is 0.233. The third-order valence-corrected chi connectivity index (χ3v) is 3.21. The SMILES string of the molecule is CC(N)C1CCN(C(=O)C2CC2)C1. The van der Waals surface area contributed by atoms with E-state index < -0.39 is 0 Å². The summed E-state index contributed by atoms with van der Waals surface area (Å²) in [7, 11) is 0. The molecule has 1 aliphatic carbocycles. The van der Waals surface area contributed by atoms with E-state index in [1.807, 2.05) is 11.8 Å². The molecule has 1 saturated carbocycles. The largest absolute Gasteiger partial charge is 0.342 e. The normalized spacial score (nSPS) is 30.6. The second-order valence-electron chi connectivity index (χ2n) is 4.47. The fraction of sp³-hybridized carbons (Fsp3) is 0.900. The van der Waals surface area contributed by atoms with Crippen LogP contribution in [0.4, 0.5) is 0 Å². The van der Waals surface area contributed by atoms with Gasteiger partial charge in [-0.3, -0.25) is 4.79 Å². The van der Waals surface area contributed by atoms with Crippen LogP contribution in [0.25, 0.3) is 0 Å². The minimum absolute atomic E-state index is 0.233. The summed E-state index contributed by atoms with van der Waals surface area (Å²) in [4.78, 5) is 13.7. The second kappa shape index (κ2) is 3.29. The van der Waals surface area contributed by atoms with Crippen LogP contribution >= 0.6 is 0 Å². The number of nitrogens with two attached hydrogens (primary N) is 1. The highest BCUT2D eigenvalue weighted by Gasteiger charge is 2.37. The van der Waals surface area contributed by atoms with Gasteiger partial charge in [-0.1, -0.05) is 0 Å². The molecule has 1 saturated heterocycles. The van der Waals surface area contributed by atoms with E-state index in [9.17, 15) is 4.79 Å². The van der Waals surface area contributed by atoms with Crippen molar-refractivity contribution in [2.45, 2.75) is 32.2 Å². The maximum Gasteiger partial charge on any atom is 0.225 e. The molecule has 0 spiro atoms. The number of hydrogen-bond acceptors (Lipinski definition) is 2. The molecule has 2 unspecified atom stereocenters. The molecule has 0 aromatic heterocycles. The predicted molar refractivity (Wildman–Crippen MR) is 51.1 cm³/mol. The van der Waals surface area contributed by atoms with E-state index in [0.29, 0.717) is 17.7 Å². The average Bonchev–Trinajstić information content (AvgIpc) is 2.81. The van der Waals surface area contributed by atoms with Crippen LogP contribution in [0.3, 0.4) is 0 Å². The summed E-state index contributed by atoms with van der Waals surface area (Å²) in [5, 5.41) is 0. The molecule has 2 atom stereocenters. The molecule has 3 heteroatoms. The first kappa shape index (κ1) is 9.00. The molecule has 0 radical (unpaired) electrons. The summed E-state index contributed by atoms with van der Waals surface area (Å²) in [6.45, 7) is 3.87. The lowest BCUT2D eigenvalue weighted by Gasteiger charge is -2.17. The van der Waals surface area contributed by atoms with Crippen molar-refractivity contribution >= 4 is 5.91 Å². The van der Waals surface area contributed by atoms with Gasteiger partial charge in [-0.2, -0.15) is 0 Å². The van der Waals surface area contributed by atoms with Crippen molar-refractivity contribution in [3.8, 4) is 0 Å². The number of carbonyl (C=O) groups excluding carboxylic acids is 1. The van der Waals surface area contributed by atoms with Crippen LogP contribution in [0.5, 0.6) is 0 Å². The van der Waals surface area contributed by atoms with E-state index in [0.717, 1.165) is 32.4 Å². The molecule has 13 heavy (non-hydrogen) atoms. The van der Waals surface area contributed by atoms with E-state index in [-0.39, 0.29) is 6.04 Å². The van der Waals surface area contributed by atoms with Crippen molar-refractivity contribution in [1.82, 2.24) is 4.90 Å². The fourth-order valence-corrected chi connectivity index (χ4v) is 2.01. The number of rotatable bonds is 2. The Hall–Kier alpha value is -0.570. The van der Waals surface area contributed by atoms with Gasteiger partial charge in [-0.05, 0) is 32.1 Å². The maximum absolute atomic E-state index is 11.7. The minimum atomic E-state index is 0.233. The van der Waals surface area contributed by atoms with Gasteiger partial charge < -0.3 is 10.6 Å². The van der Waals surface area contributed by atoms with E-state index in [1.54, 1.807) is 0 Å². The summed E-state index contributed by atoms with van der Waals surface area (Å²) in [5.74, 6) is 1.28. The predicted octanol–water partition coefficient (Wildman–Crippen LogP) is 0.592. The Kier molecular flexibility index (Phi) is 2.28. The Morgan fingerprint density at radius 3 is 2.62 bits per heavy atom. The molecule has 74 valence electrons. The highest BCUT2D eigenvalue weighted by Crippen LogP contribution is 2.33. The van der Waals surface area contributed by atoms with Gasteiger partial charge in [0.1, 0.15) is 0 Å². The first-order valence-corrected chi connectivity index (χ1v) is 5.23. The van der Waals surface area contributed by atoms with Crippen LogP contribution in [0.15, 0.2) is 0 Å². The lowest BCUT2D eigenvalue weighted by molar-refractivity contribution is -0.131. The molecule has 1 heterocycles. The smallest absolute Gasteiger partial charge is 0.225 e. The van der Waals surface area contributed by atoms with Gasteiger partial charge in [-0.15, -0.1) is 0 Å². The van der Waals surface area contributed by atoms with Crippen molar-refractivity contribution in [3.05, 3.63) is 0 Å². The molecule has 1 aliphatic heterocycles. The molecule has 0 aromatic carbocycles. The zero-order valence-electron chi connectivity index (χ0n) is 8.20. The summed E-state index contributed by atoms with van der Waals surface area (Å²) < 4.78 is 0. The third kappa shape index (κ3) is 1.85. The average molecular weight is 182 g/mol. The molecule has 2 fully saturated rings. The maximum atomic E-state index is 11.7. The van der Waals surface area contributed by atoms with Crippen molar-refractivity contribution in [2.24, 2.45) is 17.6 Å². The molecule has 0 aromatic rings. The summed E-state index contributed by atoms with van der Waals surface area (Å²) in [5.41, 5.74) is 5.81. The van der Waals surface area contributed by atoms with Crippen molar-refractivity contribution in [1.29, 1.82) is 0 Å². The number of amides is 1. The van der Waals surface area contributed by atoms with Gasteiger partial charge >= 0.3 is 0 Å². The standard InChI is InChI=1S/C10H18N2O/c1-7(11)9-4-5-12(6-9)10(13)8-2-3-8/h7-9H,2-6,11H2,1H3. The lowest BCUT2D eigenvalue weighted by atomic mass is 10.0. The fourth-order valence-electron chi connectivity index (χ4n) is 2.01. The molecule has 2 N–H and O–H groups in total. The van der Waals surface area contributed by atoms with Crippen LogP contribution < -0.4 is 5.73 Å². The van der Waals surface area contributed by atoms with Gasteiger partial charge in [0.05, 0.1) is 0 Å². The van der Waals surface area contributed by atoms with Gasteiger partial charge in [0.15, 0.2) is 0 Å². The summed E-state index contributed by atoms with van der Waals surface area (Å²) >= 11 is 0. The zero-order chi connectivity index (χ0) is 9.42. The second-order valence-corrected chi connectivity index (χ2v) is 4.47. The number of likely N-dealkylation sites (tertiary alicyclic amines) is 1. The highest BCUT2D eigenvalue weighted by atomic mass is 16.2. The monoisotopic (exact) mass is 182 g/mol. The number of carbonyl (C=O) groups is 1. The van der Waals surface area contributed by atoms with Crippen molar-refractivity contribution in [3.63, 3.8) is 0 Å². The third-order valence-electron chi connectivity index (χ3n) is 3.21. The molecular weight excluding hydrogens is 164 g/mol. The molecule has 0 bridgehead atoms. The Labute approximate surface area is 79.3 Å². The van der Waals surface area contributed by atoms with Gasteiger partial charge in [0.25, 0.3) is 0 Å². The first-order chi connectivity index (χ1) is 6.18. The van der Waals surface area contributed by atoms with Crippen molar-refractivity contribution in [2.75, 3.05) is 13.1 Å². The Balaban J connectivity index is 1.86. The lowest BCUT2D eigenvalue weighted by Crippen LogP contribution is -2.33. The summed E-state index contributed by atoms with van der Waals surface area (Å²) in [6.07, 6.45) is 3.31. The first-order valence-electron chi connectivity index (χ1n) is 5.23. The molecule has 3 nitrogen and oxygen atoms in total. The van der Waals surface area contributed by atoms with Crippen LogP contribution in [-0.2, 0) is 4.79 Å². The minimum Gasteiger partial charge on any atom is -0.342 e. The van der Waals surface area contributed by atoms with Crippen LogP contribution in [0.2, 0.25) is 0 Å². The van der Waals surface area contributed by atoms with E-state index in [4.69, 9.17) is 5.73 Å². The Bertz CT molecular complexity index is 211. The van der Waals surface area contributed by atoms with Crippen molar-refractivity contribution < 1.29 is 4.79 Å². The number of nitrogens with zero attached hydrogens (tertiary/aromatic N) is 1. The molecule has 1 amide bonds. The van der Waals surface area contributed by atoms with Gasteiger partial charge in [0, 0.05) is 25.0 Å². The van der Waals surface area contributed by atoms with E-state index >= 15 is 0 Å². The quantitative estimate of drug-likeness (QED) is 0.679. The Morgan fingerprint density at radius 1 is 1.46 bits per heavy atom. The zero-order valence-corrected chi connectivity index (χ0v) is 8.20. The van der Waals surface area contributed by atoms with E-state index in [1.165, 1.54) is 0 Å². The Morgan fingerprint density at radius 2 is 2.15 bits per heavy atom. The highest BCUT2D eigenvalue weighted by molar-refractivity contribution is 5.81. The van der Waals surface area contributed by atoms with Crippen LogP contribution in [0, 0.1) is 11.8 Å².